The molecule has 4 nitrogen and oxygen atoms in total. The quantitative estimate of drug-likeness (QED) is 0.907. The van der Waals surface area contributed by atoms with Crippen molar-refractivity contribution in [3.05, 3.63) is 40.0 Å². The molecule has 1 saturated heterocycles. The van der Waals surface area contributed by atoms with Crippen molar-refractivity contribution in [3.8, 4) is 0 Å². The van der Waals surface area contributed by atoms with Crippen LogP contribution in [0.5, 0.6) is 0 Å². The first kappa shape index (κ1) is 14.4. The van der Waals surface area contributed by atoms with Gasteiger partial charge in [-0.1, -0.05) is 23.2 Å². The summed E-state index contributed by atoms with van der Waals surface area (Å²) in [6, 6.07) is 7.35. The minimum atomic E-state index is 0.521. The van der Waals surface area contributed by atoms with Crippen molar-refractivity contribution in [2.24, 2.45) is 0 Å². The Morgan fingerprint density at radius 3 is 2.52 bits per heavy atom. The number of anilines is 3. The molecular formula is C15H16Cl2N4. The van der Waals surface area contributed by atoms with Gasteiger partial charge in [-0.2, -0.15) is 4.98 Å². The fraction of sp³-hybridized carbons (Fsp3) is 0.333. The Labute approximate surface area is 134 Å². The summed E-state index contributed by atoms with van der Waals surface area (Å²) < 4.78 is 0. The highest BCUT2D eigenvalue weighted by atomic mass is 35.5. The van der Waals surface area contributed by atoms with Crippen LogP contribution in [0, 0.1) is 6.92 Å². The lowest BCUT2D eigenvalue weighted by Crippen LogP contribution is -2.21. The second-order valence-corrected chi connectivity index (χ2v) is 5.96. The summed E-state index contributed by atoms with van der Waals surface area (Å²) in [6.07, 6.45) is 2.40. The minimum Gasteiger partial charge on any atom is -0.341 e. The van der Waals surface area contributed by atoms with E-state index >= 15 is 0 Å². The molecule has 0 saturated carbocycles. The highest BCUT2D eigenvalue weighted by Crippen LogP contribution is 2.27. The molecule has 110 valence electrons. The van der Waals surface area contributed by atoms with Crippen LogP contribution in [0.1, 0.15) is 18.5 Å². The fourth-order valence-corrected chi connectivity index (χ4v) is 2.70. The average molecular weight is 323 g/mol. The topological polar surface area (TPSA) is 41.1 Å². The number of rotatable bonds is 3. The summed E-state index contributed by atoms with van der Waals surface area (Å²) in [6.45, 7) is 4.02. The molecule has 0 radical (unpaired) electrons. The van der Waals surface area contributed by atoms with Crippen LogP contribution in [0.25, 0.3) is 0 Å². The zero-order chi connectivity index (χ0) is 14.8. The molecule has 6 heteroatoms. The van der Waals surface area contributed by atoms with Crippen molar-refractivity contribution in [2.75, 3.05) is 23.3 Å². The van der Waals surface area contributed by atoms with E-state index in [1.807, 2.05) is 19.1 Å². The van der Waals surface area contributed by atoms with Crippen LogP contribution in [0.15, 0.2) is 24.3 Å². The van der Waals surface area contributed by atoms with E-state index in [2.05, 4.69) is 20.2 Å². The summed E-state index contributed by atoms with van der Waals surface area (Å²) in [5, 5.41) is 4.32. The summed E-state index contributed by atoms with van der Waals surface area (Å²) in [5.74, 6) is 1.55. The van der Waals surface area contributed by atoms with Gasteiger partial charge in [0.1, 0.15) is 5.82 Å². The number of aryl methyl sites for hydroxylation is 1. The molecule has 2 heterocycles. The maximum Gasteiger partial charge on any atom is 0.227 e. The van der Waals surface area contributed by atoms with Crippen molar-refractivity contribution >= 4 is 40.7 Å². The Balaban J connectivity index is 1.85. The van der Waals surface area contributed by atoms with Gasteiger partial charge in [0.25, 0.3) is 0 Å². The minimum absolute atomic E-state index is 0.521. The van der Waals surface area contributed by atoms with E-state index in [0.29, 0.717) is 10.0 Å². The molecule has 1 aromatic carbocycles. The molecule has 21 heavy (non-hydrogen) atoms. The molecule has 0 spiro atoms. The van der Waals surface area contributed by atoms with Gasteiger partial charge in [0.2, 0.25) is 5.95 Å². The first-order chi connectivity index (χ1) is 10.1. The number of benzene rings is 1. The van der Waals surface area contributed by atoms with Gasteiger partial charge in [0.15, 0.2) is 0 Å². The third kappa shape index (κ3) is 3.39. The molecule has 1 aliphatic rings. The van der Waals surface area contributed by atoms with Gasteiger partial charge < -0.3 is 10.2 Å². The van der Waals surface area contributed by atoms with E-state index in [4.69, 9.17) is 23.2 Å². The second kappa shape index (κ2) is 6.08. The molecule has 1 aromatic heterocycles. The third-order valence-corrected chi connectivity index (χ3v) is 4.16. The summed E-state index contributed by atoms with van der Waals surface area (Å²) in [7, 11) is 0. The fourth-order valence-electron chi connectivity index (χ4n) is 2.40. The van der Waals surface area contributed by atoms with Gasteiger partial charge in [0, 0.05) is 30.5 Å². The average Bonchev–Trinajstić information content (AvgIpc) is 2.96. The standard InChI is InChI=1S/C15H16Cl2N4/c1-10-8-14(19-11-4-5-12(16)13(17)9-11)20-15(18-10)21-6-2-3-7-21/h4-5,8-9H,2-3,6-7H2,1H3,(H,18,19,20). The largest absolute Gasteiger partial charge is 0.341 e. The molecule has 0 atom stereocenters. The molecule has 3 rings (SSSR count). The lowest BCUT2D eigenvalue weighted by molar-refractivity contribution is 0.891. The number of nitrogens with one attached hydrogen (secondary N) is 1. The van der Waals surface area contributed by atoms with Crippen molar-refractivity contribution in [1.82, 2.24) is 9.97 Å². The normalized spacial score (nSPS) is 14.5. The Morgan fingerprint density at radius 2 is 1.81 bits per heavy atom. The Hall–Kier alpha value is -1.52. The number of hydrogen-bond donors (Lipinski definition) is 1. The van der Waals surface area contributed by atoms with Crippen LogP contribution < -0.4 is 10.2 Å². The van der Waals surface area contributed by atoms with Crippen molar-refractivity contribution in [3.63, 3.8) is 0 Å². The summed E-state index contributed by atoms with van der Waals surface area (Å²) in [4.78, 5) is 11.3. The number of nitrogens with zero attached hydrogens (tertiary/aromatic N) is 3. The first-order valence-electron chi connectivity index (χ1n) is 6.94. The molecule has 1 aliphatic heterocycles. The van der Waals surface area contributed by atoms with Crippen LogP contribution >= 0.6 is 23.2 Å². The van der Waals surface area contributed by atoms with Crippen molar-refractivity contribution < 1.29 is 0 Å². The van der Waals surface area contributed by atoms with E-state index in [9.17, 15) is 0 Å². The Morgan fingerprint density at radius 1 is 1.05 bits per heavy atom. The van der Waals surface area contributed by atoms with E-state index < -0.39 is 0 Å². The van der Waals surface area contributed by atoms with Gasteiger partial charge in [0.05, 0.1) is 10.0 Å². The molecule has 1 fully saturated rings. The van der Waals surface area contributed by atoms with Crippen molar-refractivity contribution in [2.45, 2.75) is 19.8 Å². The SMILES string of the molecule is Cc1cc(Nc2ccc(Cl)c(Cl)c2)nc(N2CCCC2)n1. The first-order valence-corrected chi connectivity index (χ1v) is 7.70. The van der Waals surface area contributed by atoms with Crippen LogP contribution in [0.3, 0.4) is 0 Å². The van der Waals surface area contributed by atoms with Gasteiger partial charge in [-0.25, -0.2) is 4.98 Å². The van der Waals surface area contributed by atoms with Gasteiger partial charge >= 0.3 is 0 Å². The maximum absolute atomic E-state index is 6.03. The van der Waals surface area contributed by atoms with E-state index in [0.717, 1.165) is 36.2 Å². The zero-order valence-electron chi connectivity index (χ0n) is 11.7. The van der Waals surface area contributed by atoms with Crippen LogP contribution in [-0.4, -0.2) is 23.1 Å². The van der Waals surface area contributed by atoms with E-state index in [1.165, 1.54) is 12.8 Å². The lowest BCUT2D eigenvalue weighted by atomic mass is 10.3. The highest BCUT2D eigenvalue weighted by molar-refractivity contribution is 6.42. The number of hydrogen-bond acceptors (Lipinski definition) is 4. The molecule has 0 bridgehead atoms. The Bertz CT molecular complexity index is 654. The van der Waals surface area contributed by atoms with Crippen LogP contribution in [0.2, 0.25) is 10.0 Å². The molecule has 0 aliphatic carbocycles. The second-order valence-electron chi connectivity index (χ2n) is 5.14. The zero-order valence-corrected chi connectivity index (χ0v) is 13.2. The summed E-state index contributed by atoms with van der Waals surface area (Å²) >= 11 is 12.0. The molecule has 2 aromatic rings. The number of halogens is 2. The van der Waals surface area contributed by atoms with Crippen molar-refractivity contribution in [1.29, 1.82) is 0 Å². The van der Waals surface area contributed by atoms with Gasteiger partial charge in [-0.05, 0) is 38.0 Å². The molecule has 0 amide bonds. The Kier molecular flexibility index (Phi) is 4.17. The maximum atomic E-state index is 6.03. The predicted molar refractivity (Wildman–Crippen MR) is 88.0 cm³/mol. The monoisotopic (exact) mass is 322 g/mol. The third-order valence-electron chi connectivity index (χ3n) is 3.42. The number of aromatic nitrogens is 2. The molecule has 1 N–H and O–H groups in total. The smallest absolute Gasteiger partial charge is 0.227 e. The summed E-state index contributed by atoms with van der Waals surface area (Å²) in [5.41, 5.74) is 1.80. The predicted octanol–water partition coefficient (Wildman–Crippen LogP) is 4.44. The molecular weight excluding hydrogens is 307 g/mol. The van der Waals surface area contributed by atoms with E-state index in [1.54, 1.807) is 12.1 Å². The van der Waals surface area contributed by atoms with E-state index in [-0.39, 0.29) is 0 Å². The van der Waals surface area contributed by atoms with Crippen LogP contribution in [-0.2, 0) is 0 Å². The van der Waals surface area contributed by atoms with Crippen LogP contribution in [0.4, 0.5) is 17.5 Å². The molecule has 0 unspecified atom stereocenters. The highest BCUT2D eigenvalue weighted by Gasteiger charge is 2.16. The van der Waals surface area contributed by atoms with Gasteiger partial charge in [-0.15, -0.1) is 0 Å². The van der Waals surface area contributed by atoms with Gasteiger partial charge in [-0.3, -0.25) is 0 Å². The lowest BCUT2D eigenvalue weighted by Gasteiger charge is -2.17.